The molecule has 0 saturated heterocycles. The van der Waals surface area contributed by atoms with Gasteiger partial charge in [-0.25, -0.2) is 4.98 Å². The van der Waals surface area contributed by atoms with Crippen LogP contribution in [0.15, 0.2) is 30.3 Å². The summed E-state index contributed by atoms with van der Waals surface area (Å²) in [4.78, 5) is 4.56. The largest absolute Gasteiger partial charge is 0.488 e. The highest BCUT2D eigenvalue weighted by atomic mass is 16.5. The molecule has 1 aliphatic carbocycles. The van der Waals surface area contributed by atoms with Gasteiger partial charge in [0.2, 0.25) is 0 Å². The molecule has 1 saturated carbocycles. The minimum atomic E-state index is -0.662. The molecule has 3 rings (SSSR count). The van der Waals surface area contributed by atoms with Gasteiger partial charge in [-0.05, 0) is 31.9 Å². The highest BCUT2D eigenvalue weighted by molar-refractivity contribution is 5.84. The molecule has 0 atom stereocenters. The third-order valence-corrected chi connectivity index (χ3v) is 4.10. The second-order valence-electron chi connectivity index (χ2n) is 5.85. The fourth-order valence-electron chi connectivity index (χ4n) is 2.90. The summed E-state index contributed by atoms with van der Waals surface area (Å²) in [5.41, 5.74) is 1.20. The maximum absolute atomic E-state index is 10.5. The standard InChI is InChI=1S/C17H21NO2/c1-13-8-9-14-6-5-7-15(16(14)18-13)20-12-17(19)10-3-2-4-11-17/h5-9,19H,2-4,10-12H2,1H3. The molecular weight excluding hydrogens is 250 g/mol. The Balaban J connectivity index is 1.82. The lowest BCUT2D eigenvalue weighted by Crippen LogP contribution is -2.37. The number of pyridine rings is 1. The zero-order valence-corrected chi connectivity index (χ0v) is 11.9. The van der Waals surface area contributed by atoms with E-state index in [9.17, 15) is 5.11 Å². The van der Waals surface area contributed by atoms with E-state index in [0.717, 1.165) is 48.0 Å². The van der Waals surface area contributed by atoms with Crippen LogP contribution in [0.2, 0.25) is 0 Å². The topological polar surface area (TPSA) is 42.4 Å². The van der Waals surface area contributed by atoms with Crippen molar-refractivity contribution >= 4 is 10.9 Å². The van der Waals surface area contributed by atoms with Gasteiger partial charge < -0.3 is 9.84 Å². The summed E-state index contributed by atoms with van der Waals surface area (Å²) in [6.07, 6.45) is 5.07. The van der Waals surface area contributed by atoms with Gasteiger partial charge in [-0.15, -0.1) is 0 Å². The van der Waals surface area contributed by atoms with E-state index in [-0.39, 0.29) is 0 Å². The molecule has 3 nitrogen and oxygen atoms in total. The van der Waals surface area contributed by atoms with E-state index in [4.69, 9.17) is 4.74 Å². The van der Waals surface area contributed by atoms with Gasteiger partial charge >= 0.3 is 0 Å². The van der Waals surface area contributed by atoms with E-state index >= 15 is 0 Å². The maximum atomic E-state index is 10.5. The Kier molecular flexibility index (Phi) is 3.62. The van der Waals surface area contributed by atoms with Crippen molar-refractivity contribution in [1.29, 1.82) is 0 Å². The molecule has 1 aromatic carbocycles. The fourth-order valence-corrected chi connectivity index (χ4v) is 2.90. The van der Waals surface area contributed by atoms with Crippen LogP contribution in [0.1, 0.15) is 37.8 Å². The number of aryl methyl sites for hydroxylation is 1. The van der Waals surface area contributed by atoms with E-state index in [1.54, 1.807) is 0 Å². The van der Waals surface area contributed by atoms with Crippen molar-refractivity contribution in [3.8, 4) is 5.75 Å². The minimum absolute atomic E-state index is 0.363. The molecule has 3 heteroatoms. The Hall–Kier alpha value is -1.61. The fraction of sp³-hybridized carbons (Fsp3) is 0.471. The Morgan fingerprint density at radius 3 is 2.75 bits per heavy atom. The number of nitrogens with zero attached hydrogens (tertiary/aromatic N) is 1. The van der Waals surface area contributed by atoms with Gasteiger partial charge in [0, 0.05) is 11.1 Å². The van der Waals surface area contributed by atoms with Crippen molar-refractivity contribution in [3.63, 3.8) is 0 Å². The number of ether oxygens (including phenoxy) is 1. The molecule has 0 bridgehead atoms. The minimum Gasteiger partial charge on any atom is -0.488 e. The summed E-state index contributed by atoms with van der Waals surface area (Å²) >= 11 is 0. The number of aliphatic hydroxyl groups is 1. The lowest BCUT2D eigenvalue weighted by Gasteiger charge is -2.31. The summed E-state index contributed by atoms with van der Waals surface area (Å²) in [6, 6.07) is 9.99. The van der Waals surface area contributed by atoms with Gasteiger partial charge in [0.05, 0.1) is 5.60 Å². The summed E-state index contributed by atoms with van der Waals surface area (Å²) in [6.45, 7) is 2.34. The molecule has 0 radical (unpaired) electrons. The highest BCUT2D eigenvalue weighted by Crippen LogP contribution is 2.30. The smallest absolute Gasteiger partial charge is 0.145 e. The van der Waals surface area contributed by atoms with Crippen LogP contribution in [0.4, 0.5) is 0 Å². The third-order valence-electron chi connectivity index (χ3n) is 4.10. The van der Waals surface area contributed by atoms with Crippen molar-refractivity contribution in [1.82, 2.24) is 4.98 Å². The highest BCUT2D eigenvalue weighted by Gasteiger charge is 2.30. The predicted molar refractivity (Wildman–Crippen MR) is 80.0 cm³/mol. The Morgan fingerprint density at radius 2 is 1.95 bits per heavy atom. The molecule has 1 N–H and O–H groups in total. The normalized spacial score (nSPS) is 18.1. The Morgan fingerprint density at radius 1 is 1.15 bits per heavy atom. The first-order valence-electron chi connectivity index (χ1n) is 7.38. The Labute approximate surface area is 119 Å². The van der Waals surface area contributed by atoms with Gasteiger partial charge in [0.15, 0.2) is 0 Å². The number of hydrogen-bond acceptors (Lipinski definition) is 3. The summed E-state index contributed by atoms with van der Waals surface area (Å²) in [5.74, 6) is 0.769. The monoisotopic (exact) mass is 271 g/mol. The van der Waals surface area contributed by atoms with Crippen molar-refractivity contribution < 1.29 is 9.84 Å². The number of benzene rings is 1. The van der Waals surface area contributed by atoms with E-state index in [0.29, 0.717) is 6.61 Å². The van der Waals surface area contributed by atoms with Crippen molar-refractivity contribution in [2.75, 3.05) is 6.61 Å². The third kappa shape index (κ3) is 2.78. The number of aromatic nitrogens is 1. The van der Waals surface area contributed by atoms with Crippen molar-refractivity contribution in [3.05, 3.63) is 36.0 Å². The second-order valence-corrected chi connectivity index (χ2v) is 5.85. The average Bonchev–Trinajstić information content (AvgIpc) is 2.46. The number of hydrogen-bond donors (Lipinski definition) is 1. The molecule has 20 heavy (non-hydrogen) atoms. The van der Waals surface area contributed by atoms with Crippen LogP contribution < -0.4 is 4.74 Å². The van der Waals surface area contributed by atoms with Crippen LogP contribution in [-0.4, -0.2) is 22.3 Å². The van der Waals surface area contributed by atoms with Crippen molar-refractivity contribution in [2.45, 2.75) is 44.6 Å². The molecule has 2 aromatic rings. The second kappa shape index (κ2) is 5.41. The van der Waals surface area contributed by atoms with Crippen LogP contribution in [-0.2, 0) is 0 Å². The summed E-state index contributed by atoms with van der Waals surface area (Å²) in [7, 11) is 0. The summed E-state index contributed by atoms with van der Waals surface area (Å²) in [5, 5.41) is 11.6. The summed E-state index contributed by atoms with van der Waals surface area (Å²) < 4.78 is 5.90. The van der Waals surface area contributed by atoms with E-state index in [1.165, 1.54) is 6.42 Å². The van der Waals surface area contributed by atoms with E-state index in [1.807, 2.05) is 31.2 Å². The molecule has 106 valence electrons. The van der Waals surface area contributed by atoms with Gasteiger partial charge in [-0.2, -0.15) is 0 Å². The zero-order valence-electron chi connectivity index (χ0n) is 11.9. The molecule has 1 heterocycles. The number of fused-ring (bicyclic) bond motifs is 1. The molecule has 1 fully saturated rings. The lowest BCUT2D eigenvalue weighted by molar-refractivity contribution is -0.0335. The van der Waals surface area contributed by atoms with Crippen LogP contribution in [0.25, 0.3) is 10.9 Å². The molecule has 1 aliphatic rings. The first-order valence-corrected chi connectivity index (χ1v) is 7.38. The lowest BCUT2D eigenvalue weighted by atomic mass is 9.85. The van der Waals surface area contributed by atoms with Crippen molar-refractivity contribution in [2.24, 2.45) is 0 Å². The molecule has 0 spiro atoms. The van der Waals surface area contributed by atoms with Gasteiger partial charge in [-0.3, -0.25) is 0 Å². The van der Waals surface area contributed by atoms with Gasteiger partial charge in [-0.1, -0.05) is 37.5 Å². The Bertz CT molecular complexity index is 603. The number of rotatable bonds is 3. The van der Waals surface area contributed by atoms with E-state index in [2.05, 4.69) is 11.1 Å². The molecule has 0 amide bonds. The number of para-hydroxylation sites is 1. The zero-order chi connectivity index (χ0) is 14.0. The average molecular weight is 271 g/mol. The van der Waals surface area contributed by atoms with Crippen LogP contribution in [0, 0.1) is 6.92 Å². The molecule has 1 aromatic heterocycles. The first kappa shape index (κ1) is 13.4. The quantitative estimate of drug-likeness (QED) is 0.927. The van der Waals surface area contributed by atoms with Crippen LogP contribution in [0.5, 0.6) is 5.75 Å². The van der Waals surface area contributed by atoms with Gasteiger partial charge in [0.25, 0.3) is 0 Å². The van der Waals surface area contributed by atoms with Crippen LogP contribution in [0.3, 0.4) is 0 Å². The first-order chi connectivity index (χ1) is 9.66. The van der Waals surface area contributed by atoms with E-state index < -0.39 is 5.60 Å². The maximum Gasteiger partial charge on any atom is 0.145 e. The molecule has 0 unspecified atom stereocenters. The molecule has 0 aliphatic heterocycles. The molecular formula is C17H21NO2. The van der Waals surface area contributed by atoms with Crippen LogP contribution >= 0.6 is 0 Å². The predicted octanol–water partition coefficient (Wildman–Crippen LogP) is 3.62. The SMILES string of the molecule is Cc1ccc2cccc(OCC3(O)CCCCC3)c2n1. The van der Waals surface area contributed by atoms with Gasteiger partial charge in [0.1, 0.15) is 17.9 Å².